The number of carbonyl (C=O) groups excluding carboxylic acids is 4. The van der Waals surface area contributed by atoms with Crippen LogP contribution in [0.1, 0.15) is 67.4 Å². The van der Waals surface area contributed by atoms with Gasteiger partial charge in [-0.15, -0.1) is 0 Å². The number of hydrogen-bond donors (Lipinski definition) is 3. The van der Waals surface area contributed by atoms with Crippen LogP contribution in [-0.4, -0.2) is 53.4 Å². The average Bonchev–Trinajstić information content (AvgIpc) is 2.90. The molecule has 0 aliphatic rings. The second-order valence-electron chi connectivity index (χ2n) is 12.7. The lowest BCUT2D eigenvalue weighted by Gasteiger charge is -2.32. The van der Waals surface area contributed by atoms with E-state index in [2.05, 4.69) is 15.6 Å². The Labute approximate surface area is 267 Å². The van der Waals surface area contributed by atoms with Crippen molar-refractivity contribution in [3.8, 4) is 5.75 Å². The second kappa shape index (κ2) is 16.0. The molecule has 46 heavy (non-hydrogen) atoms. The molecule has 0 saturated carbocycles. The van der Waals surface area contributed by atoms with Crippen molar-refractivity contribution in [1.29, 1.82) is 0 Å². The molecule has 0 heterocycles. The van der Waals surface area contributed by atoms with Crippen LogP contribution in [0.25, 0.3) is 0 Å². The fourth-order valence-corrected chi connectivity index (χ4v) is 3.81. The average molecular weight is 649 g/mol. The van der Waals surface area contributed by atoms with Crippen LogP contribution in [0.5, 0.6) is 5.75 Å². The van der Waals surface area contributed by atoms with Crippen molar-refractivity contribution in [2.75, 3.05) is 0 Å². The molecule has 3 N–H and O–H groups in total. The first-order valence-electron chi connectivity index (χ1n) is 14.5. The van der Waals surface area contributed by atoms with Gasteiger partial charge in [0.15, 0.2) is 0 Å². The van der Waals surface area contributed by atoms with E-state index in [1.54, 1.807) is 85.7 Å². The minimum Gasteiger partial charge on any atom is -0.445 e. The quantitative estimate of drug-likeness (QED) is 0.0903. The zero-order valence-corrected chi connectivity index (χ0v) is 27.2. The summed E-state index contributed by atoms with van der Waals surface area (Å²) in [6.07, 6.45) is -6.81. The summed E-state index contributed by atoms with van der Waals surface area (Å²) < 4.78 is 49.9. The maximum Gasteiger partial charge on any atom is 0.414 e. The van der Waals surface area contributed by atoms with Crippen molar-refractivity contribution in [1.82, 2.24) is 16.0 Å². The first-order chi connectivity index (χ1) is 21.3. The monoisotopic (exact) mass is 648 g/mol. The largest absolute Gasteiger partial charge is 0.445 e. The van der Waals surface area contributed by atoms with E-state index in [1.165, 1.54) is 24.3 Å². The molecule has 14 heteroatoms. The van der Waals surface area contributed by atoms with Crippen molar-refractivity contribution in [3.63, 3.8) is 0 Å². The fraction of sp³-hybridized carbons (Fsp3) is 0.469. The van der Waals surface area contributed by atoms with Crippen molar-refractivity contribution in [2.45, 2.75) is 91.6 Å². The molecule has 0 aliphatic carbocycles. The topological polar surface area (TPSA) is 154 Å². The molecule has 1 unspecified atom stereocenters. The van der Waals surface area contributed by atoms with Gasteiger partial charge in [-0.2, -0.15) is 0 Å². The van der Waals surface area contributed by atoms with Crippen LogP contribution in [0, 0.1) is 5.92 Å². The summed E-state index contributed by atoms with van der Waals surface area (Å²) in [6, 6.07) is 13.8. The molecule has 12 nitrogen and oxygen atoms in total. The number of hydrogen-bond acceptors (Lipinski definition) is 9. The summed E-state index contributed by atoms with van der Waals surface area (Å²) in [5, 5.41) is 6.71. The van der Waals surface area contributed by atoms with Crippen molar-refractivity contribution in [2.24, 2.45) is 10.9 Å². The first kappa shape index (κ1) is 37.4. The number of benzene rings is 2. The zero-order valence-electron chi connectivity index (χ0n) is 27.2. The SMILES string of the molecule is CC(C)CC(NC(=O)OCc1ccccc1)(C(=O)Oc1ccc(N=C(NC(=O)OC(C)(C)C)NC(=O)OC(C)(C)C)cc1)C(F)F. The number of guanidine groups is 1. The maximum atomic E-state index is 14.5. The van der Waals surface area contributed by atoms with Gasteiger partial charge in [0.25, 0.3) is 6.43 Å². The molecule has 0 spiro atoms. The van der Waals surface area contributed by atoms with Gasteiger partial charge in [-0.1, -0.05) is 44.2 Å². The van der Waals surface area contributed by atoms with Gasteiger partial charge in [0.1, 0.15) is 23.6 Å². The van der Waals surface area contributed by atoms with Crippen LogP contribution >= 0.6 is 0 Å². The Hall–Kier alpha value is -4.75. The molecule has 2 aromatic rings. The molecule has 0 aromatic heterocycles. The molecule has 0 fully saturated rings. The smallest absolute Gasteiger partial charge is 0.414 e. The number of carbonyl (C=O) groups is 4. The number of ether oxygens (including phenoxy) is 4. The lowest BCUT2D eigenvalue weighted by atomic mass is 9.89. The third-order valence-corrected chi connectivity index (χ3v) is 5.53. The predicted octanol–water partition coefficient (Wildman–Crippen LogP) is 6.61. The number of esters is 1. The van der Waals surface area contributed by atoms with E-state index in [4.69, 9.17) is 18.9 Å². The van der Waals surface area contributed by atoms with Gasteiger partial charge in [-0.05, 0) is 83.7 Å². The summed E-state index contributed by atoms with van der Waals surface area (Å²) >= 11 is 0. The Morgan fingerprint density at radius 2 is 1.30 bits per heavy atom. The Bertz CT molecular complexity index is 1340. The summed E-state index contributed by atoms with van der Waals surface area (Å²) in [5.41, 5.74) is -3.61. The van der Waals surface area contributed by atoms with Gasteiger partial charge in [-0.3, -0.25) is 10.6 Å². The number of rotatable bonds is 9. The first-order valence-corrected chi connectivity index (χ1v) is 14.5. The lowest BCUT2D eigenvalue weighted by molar-refractivity contribution is -0.150. The number of halogens is 2. The van der Waals surface area contributed by atoms with Crippen LogP contribution < -0.4 is 20.7 Å². The summed E-state index contributed by atoms with van der Waals surface area (Å²) in [5.74, 6) is -2.32. The normalized spacial score (nSPS) is 12.8. The second-order valence-corrected chi connectivity index (χ2v) is 12.7. The predicted molar refractivity (Wildman–Crippen MR) is 166 cm³/mol. The summed E-state index contributed by atoms with van der Waals surface area (Å²) in [7, 11) is 0. The molecule has 3 amide bonds. The molecule has 0 bridgehead atoms. The van der Waals surface area contributed by atoms with Gasteiger partial charge < -0.3 is 24.3 Å². The number of nitrogens with one attached hydrogen (secondary N) is 3. The Morgan fingerprint density at radius 3 is 1.76 bits per heavy atom. The van der Waals surface area contributed by atoms with E-state index >= 15 is 0 Å². The fourth-order valence-electron chi connectivity index (χ4n) is 3.81. The van der Waals surface area contributed by atoms with Crippen molar-refractivity contribution >= 4 is 35.9 Å². The van der Waals surface area contributed by atoms with Crippen LogP contribution in [-0.2, 0) is 25.6 Å². The minimum absolute atomic E-state index is 0.140. The zero-order chi connectivity index (χ0) is 34.7. The molecule has 2 rings (SSSR count). The van der Waals surface area contributed by atoms with Crippen LogP contribution in [0.15, 0.2) is 59.6 Å². The Morgan fingerprint density at radius 1 is 0.783 bits per heavy atom. The highest BCUT2D eigenvalue weighted by Gasteiger charge is 2.51. The van der Waals surface area contributed by atoms with E-state index in [-0.39, 0.29) is 24.0 Å². The van der Waals surface area contributed by atoms with Crippen LogP contribution in [0.3, 0.4) is 0 Å². The lowest BCUT2D eigenvalue weighted by Crippen LogP contribution is -2.61. The van der Waals surface area contributed by atoms with Crippen LogP contribution in [0.4, 0.5) is 28.9 Å². The number of alkyl halides is 2. The highest BCUT2D eigenvalue weighted by Crippen LogP contribution is 2.29. The third kappa shape index (κ3) is 13.1. The Balaban J connectivity index is 2.26. The highest BCUT2D eigenvalue weighted by atomic mass is 19.3. The Kier molecular flexibility index (Phi) is 13.0. The number of alkyl carbamates (subject to hydrolysis) is 3. The molecule has 0 saturated heterocycles. The minimum atomic E-state index is -3.34. The van der Waals surface area contributed by atoms with Crippen LogP contribution in [0.2, 0.25) is 0 Å². The van der Waals surface area contributed by atoms with Gasteiger partial charge in [0, 0.05) is 0 Å². The van der Waals surface area contributed by atoms with Crippen molar-refractivity contribution < 1.29 is 46.9 Å². The molecule has 0 aliphatic heterocycles. The molecule has 0 radical (unpaired) electrons. The van der Waals surface area contributed by atoms with Gasteiger partial charge >= 0.3 is 24.2 Å². The van der Waals surface area contributed by atoms with E-state index in [0.29, 0.717) is 5.56 Å². The van der Waals surface area contributed by atoms with Gasteiger partial charge in [-0.25, -0.2) is 33.0 Å². The number of nitrogens with zero attached hydrogens (tertiary/aromatic N) is 1. The molecule has 1 atom stereocenters. The molecule has 2 aromatic carbocycles. The highest BCUT2D eigenvalue weighted by molar-refractivity contribution is 6.02. The maximum absolute atomic E-state index is 14.5. The standard InChI is InChI=1S/C32H42F2N4O8/c1-20(2)18-32(24(33)34,38-29(42)43-19-21-12-10-9-11-13-21)25(39)44-23-16-14-22(15-17-23)35-26(36-27(40)45-30(3,4)5)37-28(41)46-31(6,7)8/h9-17,20,24H,18-19H2,1-8H3,(H,38,42)(H2,35,36,37,40,41). The van der Waals surface area contributed by atoms with Crippen molar-refractivity contribution in [3.05, 3.63) is 60.2 Å². The molecular formula is C32H42F2N4O8. The third-order valence-electron chi connectivity index (χ3n) is 5.53. The summed E-state index contributed by atoms with van der Waals surface area (Å²) in [6.45, 7) is 12.9. The van der Waals surface area contributed by atoms with E-state index < -0.39 is 59.8 Å². The van der Waals surface area contributed by atoms with E-state index in [0.717, 1.165) is 0 Å². The number of amides is 3. The molecular weight excluding hydrogens is 606 g/mol. The van der Waals surface area contributed by atoms with E-state index in [1.807, 2.05) is 5.32 Å². The number of aliphatic imine (C=N–C) groups is 1. The van der Waals surface area contributed by atoms with Gasteiger partial charge in [0.05, 0.1) is 5.69 Å². The molecule has 252 valence electrons. The van der Waals surface area contributed by atoms with Gasteiger partial charge in [0.2, 0.25) is 11.5 Å². The summed E-state index contributed by atoms with van der Waals surface area (Å²) in [4.78, 5) is 54.7. The van der Waals surface area contributed by atoms with E-state index in [9.17, 15) is 28.0 Å².